The average Bonchev–Trinajstić information content (AvgIpc) is 2.66. The fourth-order valence-electron chi connectivity index (χ4n) is 6.25. The summed E-state index contributed by atoms with van der Waals surface area (Å²) in [6.45, 7) is 0. The van der Waals surface area contributed by atoms with Crippen molar-refractivity contribution in [3.63, 3.8) is 0 Å². The Morgan fingerprint density at radius 2 is 1.86 bits per heavy atom. The number of rotatable bonds is 4. The fourth-order valence-corrected chi connectivity index (χ4v) is 6.43. The van der Waals surface area contributed by atoms with Crippen LogP contribution < -0.4 is 16.0 Å². The summed E-state index contributed by atoms with van der Waals surface area (Å²) >= 11 is 6.40. The van der Waals surface area contributed by atoms with Gasteiger partial charge >= 0.3 is 0 Å². The maximum absolute atomic E-state index is 13.2. The Labute approximate surface area is 172 Å². The van der Waals surface area contributed by atoms with Crippen molar-refractivity contribution in [2.45, 2.75) is 37.6 Å². The van der Waals surface area contributed by atoms with Gasteiger partial charge in [-0.2, -0.15) is 5.10 Å². The molecule has 2 N–H and O–H groups in total. The zero-order chi connectivity index (χ0) is 20.3. The molecule has 0 saturated heterocycles. The van der Waals surface area contributed by atoms with E-state index in [4.69, 9.17) is 11.6 Å². The number of hydrogen-bond donors (Lipinski definition) is 2. The molecule has 4 aliphatic carbocycles. The van der Waals surface area contributed by atoms with Crippen LogP contribution in [0.2, 0.25) is 5.02 Å². The van der Waals surface area contributed by atoms with Crippen LogP contribution in [0.25, 0.3) is 0 Å². The quantitative estimate of drug-likeness (QED) is 0.743. The molecule has 1 aromatic heterocycles. The first-order valence-corrected chi connectivity index (χ1v) is 10.3. The largest absolute Gasteiger partial charge is 0.550 e. The standard InChI is InChI=1S/C21H22ClN3O4/c22-18-16(24-14-1-3-15(26)4-2-14)10-23-25(19(18)27)21-8-11-5-12(9-21)7-13(6-11)17(21)20(28)29/h1-4,10-13,17,24,26H,5-9H2,(H,28,29)/p-1/t11-,12+,13?,17-,21?/m1/s1. The summed E-state index contributed by atoms with van der Waals surface area (Å²) in [5.41, 5.74) is -0.353. The molecule has 0 aliphatic heterocycles. The second-order valence-corrected chi connectivity index (χ2v) is 9.15. The summed E-state index contributed by atoms with van der Waals surface area (Å²) in [6, 6.07) is 6.35. The normalized spacial score (nSPS) is 32.3. The molecule has 29 heavy (non-hydrogen) atoms. The van der Waals surface area contributed by atoms with E-state index in [9.17, 15) is 19.8 Å². The molecule has 8 heteroatoms. The molecule has 4 bridgehead atoms. The van der Waals surface area contributed by atoms with E-state index >= 15 is 0 Å². The molecule has 1 aromatic carbocycles. The Kier molecular flexibility index (Phi) is 4.13. The van der Waals surface area contributed by atoms with Gasteiger partial charge in [0.1, 0.15) is 10.8 Å². The monoisotopic (exact) mass is 414 g/mol. The first-order valence-electron chi connectivity index (χ1n) is 9.92. The maximum atomic E-state index is 13.2. The van der Waals surface area contributed by atoms with Gasteiger partial charge in [0.25, 0.3) is 5.56 Å². The third-order valence-corrected chi connectivity index (χ3v) is 7.38. The zero-order valence-electron chi connectivity index (χ0n) is 15.7. The molecule has 7 nitrogen and oxygen atoms in total. The van der Waals surface area contributed by atoms with E-state index in [-0.39, 0.29) is 16.7 Å². The van der Waals surface area contributed by atoms with Crippen LogP contribution in [0.1, 0.15) is 32.1 Å². The summed E-state index contributed by atoms with van der Waals surface area (Å²) in [5, 5.41) is 28.9. The third kappa shape index (κ3) is 2.82. The minimum Gasteiger partial charge on any atom is -0.550 e. The number of halogens is 1. The summed E-state index contributed by atoms with van der Waals surface area (Å²) in [5.74, 6) is -0.799. The molecule has 1 heterocycles. The van der Waals surface area contributed by atoms with Gasteiger partial charge in [0.05, 0.1) is 17.4 Å². The number of hydrogen-bond acceptors (Lipinski definition) is 6. The molecule has 4 fully saturated rings. The number of aromatic hydroxyl groups is 1. The van der Waals surface area contributed by atoms with Gasteiger partial charge in [0.15, 0.2) is 0 Å². The van der Waals surface area contributed by atoms with Crippen LogP contribution in [0.5, 0.6) is 5.75 Å². The highest BCUT2D eigenvalue weighted by Crippen LogP contribution is 2.61. The molecule has 2 unspecified atom stereocenters. The Balaban J connectivity index is 1.55. The lowest BCUT2D eigenvalue weighted by Gasteiger charge is -2.61. The topological polar surface area (TPSA) is 107 Å². The van der Waals surface area contributed by atoms with Crippen LogP contribution in [0.3, 0.4) is 0 Å². The molecular weight excluding hydrogens is 394 g/mol. The van der Waals surface area contributed by atoms with E-state index < -0.39 is 23.0 Å². The number of aliphatic carboxylic acids is 1. The highest BCUT2D eigenvalue weighted by Gasteiger charge is 2.59. The van der Waals surface area contributed by atoms with Crippen LogP contribution in [0, 0.1) is 23.7 Å². The molecule has 6 rings (SSSR count). The SMILES string of the molecule is O=C([O-])[C@H]1C2C[C@@H]3C[C@H](C2)CC1(n1ncc(Nc2ccc(O)cc2)c(Cl)c1=O)C3. The van der Waals surface area contributed by atoms with Crippen LogP contribution >= 0.6 is 11.6 Å². The van der Waals surface area contributed by atoms with Gasteiger partial charge in [-0.05, 0) is 74.1 Å². The van der Waals surface area contributed by atoms with Crippen molar-refractivity contribution in [2.24, 2.45) is 23.7 Å². The lowest BCUT2D eigenvalue weighted by atomic mass is 9.48. The van der Waals surface area contributed by atoms with Crippen LogP contribution in [0.4, 0.5) is 11.4 Å². The number of phenols is 1. The number of carbonyl (C=O) groups is 1. The number of phenolic OH excluding ortho intramolecular Hbond substituents is 1. The van der Waals surface area contributed by atoms with Gasteiger partial charge in [-0.1, -0.05) is 11.6 Å². The Bertz CT molecular complexity index is 1020. The average molecular weight is 415 g/mol. The molecule has 0 radical (unpaired) electrons. The number of benzene rings is 1. The number of nitrogens with one attached hydrogen (secondary N) is 1. The zero-order valence-corrected chi connectivity index (χ0v) is 16.4. The van der Waals surface area contributed by atoms with Crippen molar-refractivity contribution < 1.29 is 15.0 Å². The lowest BCUT2D eigenvalue weighted by molar-refractivity contribution is -0.323. The number of aromatic nitrogens is 2. The molecular formula is C21H21ClN3O4-. The summed E-state index contributed by atoms with van der Waals surface area (Å²) in [7, 11) is 0. The molecule has 5 atom stereocenters. The number of carboxylic acids is 1. The van der Waals surface area contributed by atoms with E-state index in [0.29, 0.717) is 36.1 Å². The summed E-state index contributed by atoms with van der Waals surface area (Å²) < 4.78 is 1.34. The van der Waals surface area contributed by atoms with E-state index in [2.05, 4.69) is 10.4 Å². The number of anilines is 2. The second kappa shape index (κ2) is 6.49. The molecule has 4 aliphatic rings. The first kappa shape index (κ1) is 18.5. The molecule has 2 aromatic rings. The molecule has 0 spiro atoms. The Hall–Kier alpha value is -2.54. The van der Waals surface area contributed by atoms with Crippen molar-refractivity contribution in [1.82, 2.24) is 9.78 Å². The van der Waals surface area contributed by atoms with Gasteiger partial charge in [0, 0.05) is 17.6 Å². The predicted octanol–water partition coefficient (Wildman–Crippen LogP) is 2.25. The Morgan fingerprint density at radius 1 is 1.21 bits per heavy atom. The van der Waals surface area contributed by atoms with Crippen molar-refractivity contribution >= 4 is 28.9 Å². The van der Waals surface area contributed by atoms with Crippen molar-refractivity contribution in [2.75, 3.05) is 5.32 Å². The van der Waals surface area contributed by atoms with Crippen LogP contribution in [0.15, 0.2) is 35.3 Å². The van der Waals surface area contributed by atoms with E-state index in [1.807, 2.05) is 0 Å². The van der Waals surface area contributed by atoms with Gasteiger partial charge in [0.2, 0.25) is 0 Å². The fraction of sp³-hybridized carbons (Fsp3) is 0.476. The van der Waals surface area contributed by atoms with Crippen molar-refractivity contribution in [3.8, 4) is 5.75 Å². The van der Waals surface area contributed by atoms with Gasteiger partial charge in [-0.3, -0.25) is 4.79 Å². The lowest BCUT2D eigenvalue weighted by Crippen LogP contribution is -2.65. The van der Waals surface area contributed by atoms with E-state index in [1.54, 1.807) is 12.1 Å². The van der Waals surface area contributed by atoms with Crippen molar-refractivity contribution in [1.29, 1.82) is 0 Å². The molecule has 4 saturated carbocycles. The second-order valence-electron chi connectivity index (χ2n) is 8.77. The maximum Gasteiger partial charge on any atom is 0.288 e. The highest BCUT2D eigenvalue weighted by atomic mass is 35.5. The smallest absolute Gasteiger partial charge is 0.288 e. The summed E-state index contributed by atoms with van der Waals surface area (Å²) in [4.78, 5) is 25.3. The predicted molar refractivity (Wildman–Crippen MR) is 105 cm³/mol. The number of carboxylic acid groups (broad SMARTS) is 1. The molecule has 0 amide bonds. The minimum absolute atomic E-state index is 0.0269. The highest BCUT2D eigenvalue weighted by molar-refractivity contribution is 6.33. The van der Waals surface area contributed by atoms with Crippen LogP contribution in [-0.4, -0.2) is 20.9 Å². The van der Waals surface area contributed by atoms with Gasteiger partial charge in [-0.15, -0.1) is 0 Å². The Morgan fingerprint density at radius 3 is 2.48 bits per heavy atom. The number of nitrogens with zero attached hydrogens (tertiary/aromatic N) is 2. The van der Waals surface area contributed by atoms with Gasteiger partial charge < -0.3 is 20.3 Å². The molecule has 152 valence electrons. The summed E-state index contributed by atoms with van der Waals surface area (Å²) in [6.07, 6.45) is 5.61. The van der Waals surface area contributed by atoms with Gasteiger partial charge in [-0.25, -0.2) is 4.68 Å². The number of carbonyl (C=O) groups excluding carboxylic acids is 1. The van der Waals surface area contributed by atoms with Crippen molar-refractivity contribution in [3.05, 3.63) is 45.8 Å². The third-order valence-electron chi connectivity index (χ3n) is 7.01. The minimum atomic E-state index is -1.09. The van der Waals surface area contributed by atoms with E-state index in [1.165, 1.54) is 23.0 Å². The van der Waals surface area contributed by atoms with E-state index in [0.717, 1.165) is 19.3 Å². The first-order chi connectivity index (χ1) is 13.9. The van der Waals surface area contributed by atoms with Crippen LogP contribution in [-0.2, 0) is 10.3 Å².